The van der Waals surface area contributed by atoms with Crippen LogP contribution >= 0.6 is 0 Å². The molecule has 0 radical (unpaired) electrons. The van der Waals surface area contributed by atoms with Crippen molar-refractivity contribution < 1.29 is 0 Å². The van der Waals surface area contributed by atoms with E-state index in [9.17, 15) is 0 Å². The molecule has 3 heteroatoms. The van der Waals surface area contributed by atoms with Gasteiger partial charge >= 0.3 is 0 Å². The third-order valence-corrected chi connectivity index (χ3v) is 1.92. The zero-order valence-corrected chi connectivity index (χ0v) is 7.44. The molecule has 0 fully saturated rings. The molecular formula is C10H11N3. The van der Waals surface area contributed by atoms with Gasteiger partial charge in [-0.1, -0.05) is 23.8 Å². The molecular weight excluding hydrogens is 162 g/mol. The summed E-state index contributed by atoms with van der Waals surface area (Å²) in [4.78, 5) is 1.32. The minimum Gasteiger partial charge on any atom is -0.323 e. The van der Waals surface area contributed by atoms with Crippen LogP contribution in [0.25, 0.3) is 11.3 Å². The van der Waals surface area contributed by atoms with Gasteiger partial charge in [0.2, 0.25) is 0 Å². The summed E-state index contributed by atoms with van der Waals surface area (Å²) in [6.45, 7) is 2.06. The summed E-state index contributed by atoms with van der Waals surface area (Å²) in [5.74, 6) is 5.46. The number of nitrogen functional groups attached to an aromatic ring is 1. The van der Waals surface area contributed by atoms with Crippen molar-refractivity contribution in [2.75, 3.05) is 5.84 Å². The summed E-state index contributed by atoms with van der Waals surface area (Å²) in [6.07, 6.45) is 1.73. The van der Waals surface area contributed by atoms with Gasteiger partial charge < -0.3 is 5.84 Å². The molecule has 0 aliphatic carbocycles. The Bertz CT molecular complexity index is 418. The van der Waals surface area contributed by atoms with Gasteiger partial charge in [-0.2, -0.15) is 9.89 Å². The monoisotopic (exact) mass is 173 g/mol. The topological polar surface area (TPSA) is 43.8 Å². The molecule has 0 amide bonds. The van der Waals surface area contributed by atoms with Gasteiger partial charge in [-0.3, -0.25) is 0 Å². The lowest BCUT2D eigenvalue weighted by Crippen LogP contribution is -2.07. The molecule has 1 heterocycles. The first-order valence-corrected chi connectivity index (χ1v) is 4.13. The van der Waals surface area contributed by atoms with E-state index >= 15 is 0 Å². The van der Waals surface area contributed by atoms with Crippen LogP contribution in [-0.4, -0.2) is 9.89 Å². The number of aromatic nitrogens is 2. The molecule has 0 bridgehead atoms. The summed E-state index contributed by atoms with van der Waals surface area (Å²) < 4.78 is 0. The van der Waals surface area contributed by atoms with Crippen molar-refractivity contribution in [2.45, 2.75) is 6.92 Å². The molecule has 0 spiro atoms. The van der Waals surface area contributed by atoms with Crippen LogP contribution < -0.4 is 5.84 Å². The molecule has 1 aromatic heterocycles. The highest BCUT2D eigenvalue weighted by molar-refractivity contribution is 5.59. The van der Waals surface area contributed by atoms with Crippen molar-refractivity contribution in [1.29, 1.82) is 0 Å². The predicted molar refractivity (Wildman–Crippen MR) is 52.6 cm³/mol. The highest BCUT2D eigenvalue weighted by atomic mass is 15.5. The average Bonchev–Trinajstić information content (AvgIpc) is 2.52. The molecule has 1 aromatic carbocycles. The highest BCUT2D eigenvalue weighted by Crippen LogP contribution is 2.16. The van der Waals surface area contributed by atoms with E-state index in [0.29, 0.717) is 0 Å². The zero-order valence-electron chi connectivity index (χ0n) is 7.44. The Morgan fingerprint density at radius 2 is 2.15 bits per heavy atom. The van der Waals surface area contributed by atoms with E-state index in [1.807, 2.05) is 18.2 Å². The minimum absolute atomic E-state index is 0.909. The lowest BCUT2D eigenvalue weighted by atomic mass is 10.1. The van der Waals surface area contributed by atoms with E-state index in [2.05, 4.69) is 24.2 Å². The standard InChI is InChI=1S/C10H11N3/c1-8-3-2-4-9(7-8)10-5-6-13(11)12-10/h2-7H,11H2,1H3. The molecule has 2 rings (SSSR count). The number of hydrogen-bond donors (Lipinski definition) is 1. The molecule has 0 saturated carbocycles. The molecule has 0 aliphatic heterocycles. The summed E-state index contributed by atoms with van der Waals surface area (Å²) in [6, 6.07) is 10.1. The average molecular weight is 173 g/mol. The Morgan fingerprint density at radius 1 is 1.31 bits per heavy atom. The molecule has 66 valence electrons. The van der Waals surface area contributed by atoms with E-state index in [1.165, 1.54) is 10.4 Å². The Labute approximate surface area is 76.8 Å². The fraction of sp³-hybridized carbons (Fsp3) is 0.100. The van der Waals surface area contributed by atoms with Gasteiger partial charge in [-0.05, 0) is 19.1 Å². The van der Waals surface area contributed by atoms with Gasteiger partial charge in [0.25, 0.3) is 0 Å². The van der Waals surface area contributed by atoms with Crippen LogP contribution in [0.5, 0.6) is 0 Å². The van der Waals surface area contributed by atoms with Crippen LogP contribution in [0.15, 0.2) is 36.5 Å². The fourth-order valence-electron chi connectivity index (χ4n) is 1.30. The van der Waals surface area contributed by atoms with Crippen molar-refractivity contribution in [1.82, 2.24) is 9.89 Å². The van der Waals surface area contributed by atoms with E-state index < -0.39 is 0 Å². The predicted octanol–water partition coefficient (Wildman–Crippen LogP) is 1.57. The van der Waals surface area contributed by atoms with E-state index in [1.54, 1.807) is 6.20 Å². The Hall–Kier alpha value is -1.77. The third kappa shape index (κ3) is 1.54. The molecule has 2 aromatic rings. The number of benzene rings is 1. The Balaban J connectivity index is 2.46. The highest BCUT2D eigenvalue weighted by Gasteiger charge is 1.99. The SMILES string of the molecule is Cc1cccc(-c2ccn(N)n2)c1. The van der Waals surface area contributed by atoms with E-state index in [-0.39, 0.29) is 0 Å². The van der Waals surface area contributed by atoms with Crippen molar-refractivity contribution in [3.8, 4) is 11.3 Å². The van der Waals surface area contributed by atoms with Crippen molar-refractivity contribution in [3.63, 3.8) is 0 Å². The van der Waals surface area contributed by atoms with Crippen LogP contribution in [-0.2, 0) is 0 Å². The quantitative estimate of drug-likeness (QED) is 0.665. The fourth-order valence-corrected chi connectivity index (χ4v) is 1.30. The second kappa shape index (κ2) is 2.94. The molecule has 0 unspecified atom stereocenters. The molecule has 3 nitrogen and oxygen atoms in total. The van der Waals surface area contributed by atoms with Crippen LogP contribution in [0, 0.1) is 6.92 Å². The van der Waals surface area contributed by atoms with Gasteiger partial charge in [0.15, 0.2) is 0 Å². The summed E-state index contributed by atoms with van der Waals surface area (Å²) in [7, 11) is 0. The second-order valence-electron chi connectivity index (χ2n) is 3.05. The molecule has 0 atom stereocenters. The zero-order chi connectivity index (χ0) is 9.26. The second-order valence-corrected chi connectivity index (χ2v) is 3.05. The smallest absolute Gasteiger partial charge is 0.0944 e. The number of nitrogens with two attached hydrogens (primary N) is 1. The maximum absolute atomic E-state index is 5.46. The van der Waals surface area contributed by atoms with Gasteiger partial charge in [0.1, 0.15) is 0 Å². The molecule has 0 saturated heterocycles. The van der Waals surface area contributed by atoms with Crippen LogP contribution in [0.2, 0.25) is 0 Å². The lowest BCUT2D eigenvalue weighted by Gasteiger charge is -1.97. The molecule has 2 N–H and O–H groups in total. The maximum Gasteiger partial charge on any atom is 0.0944 e. The first-order chi connectivity index (χ1) is 6.25. The maximum atomic E-state index is 5.46. The minimum atomic E-state index is 0.909. The van der Waals surface area contributed by atoms with Crippen LogP contribution in [0.4, 0.5) is 0 Å². The number of aryl methyl sites for hydroxylation is 1. The first kappa shape index (κ1) is 7.86. The number of nitrogens with zero attached hydrogens (tertiary/aromatic N) is 2. The number of hydrogen-bond acceptors (Lipinski definition) is 2. The van der Waals surface area contributed by atoms with Crippen LogP contribution in [0.1, 0.15) is 5.56 Å². The van der Waals surface area contributed by atoms with Gasteiger partial charge in [-0.25, -0.2) is 0 Å². The lowest BCUT2D eigenvalue weighted by molar-refractivity contribution is 0.835. The first-order valence-electron chi connectivity index (χ1n) is 4.13. The normalized spacial score (nSPS) is 10.2. The molecule has 13 heavy (non-hydrogen) atoms. The Kier molecular flexibility index (Phi) is 1.77. The van der Waals surface area contributed by atoms with Crippen molar-refractivity contribution in [2.24, 2.45) is 0 Å². The van der Waals surface area contributed by atoms with Crippen molar-refractivity contribution in [3.05, 3.63) is 42.1 Å². The van der Waals surface area contributed by atoms with Crippen molar-refractivity contribution >= 4 is 0 Å². The largest absolute Gasteiger partial charge is 0.323 e. The van der Waals surface area contributed by atoms with Gasteiger partial charge in [-0.15, -0.1) is 0 Å². The summed E-state index contributed by atoms with van der Waals surface area (Å²) in [5.41, 5.74) is 3.24. The number of rotatable bonds is 1. The van der Waals surface area contributed by atoms with Gasteiger partial charge in [0, 0.05) is 11.8 Å². The van der Waals surface area contributed by atoms with E-state index in [0.717, 1.165) is 11.3 Å². The Morgan fingerprint density at radius 3 is 2.77 bits per heavy atom. The van der Waals surface area contributed by atoms with Gasteiger partial charge in [0.05, 0.1) is 5.69 Å². The molecule has 0 aliphatic rings. The summed E-state index contributed by atoms with van der Waals surface area (Å²) >= 11 is 0. The van der Waals surface area contributed by atoms with E-state index in [4.69, 9.17) is 5.84 Å². The summed E-state index contributed by atoms with van der Waals surface area (Å²) in [5, 5.41) is 4.12. The van der Waals surface area contributed by atoms with Crippen LogP contribution in [0.3, 0.4) is 0 Å². The third-order valence-electron chi connectivity index (χ3n) is 1.92.